The van der Waals surface area contributed by atoms with Gasteiger partial charge >= 0.3 is 0 Å². The van der Waals surface area contributed by atoms with Gasteiger partial charge in [0.15, 0.2) is 0 Å². The number of halogens is 1. The zero-order chi connectivity index (χ0) is 24.2. The van der Waals surface area contributed by atoms with Gasteiger partial charge in [-0.25, -0.2) is 4.39 Å². The summed E-state index contributed by atoms with van der Waals surface area (Å²) in [4.78, 5) is 26.7. The molecule has 3 aromatic carbocycles. The molecule has 0 unspecified atom stereocenters. The van der Waals surface area contributed by atoms with Gasteiger partial charge in [0, 0.05) is 41.6 Å². The Bertz CT molecular complexity index is 1430. The van der Waals surface area contributed by atoms with Crippen LogP contribution in [0.25, 0.3) is 22.2 Å². The molecule has 176 valence electrons. The summed E-state index contributed by atoms with van der Waals surface area (Å²) in [5, 5.41) is 8.65. The Hall–Kier alpha value is -4.00. The van der Waals surface area contributed by atoms with Crippen LogP contribution in [-0.4, -0.2) is 27.6 Å². The van der Waals surface area contributed by atoms with Crippen LogP contribution in [-0.2, 0) is 16.6 Å². The molecule has 2 aliphatic rings. The van der Waals surface area contributed by atoms with E-state index in [2.05, 4.69) is 22.5 Å². The molecular weight excluding hydrogens is 443 g/mol. The van der Waals surface area contributed by atoms with Crippen LogP contribution in [0.15, 0.2) is 72.8 Å². The van der Waals surface area contributed by atoms with Crippen LogP contribution >= 0.6 is 0 Å². The van der Waals surface area contributed by atoms with E-state index in [1.165, 1.54) is 12.1 Å². The van der Waals surface area contributed by atoms with E-state index in [0.717, 1.165) is 52.7 Å². The van der Waals surface area contributed by atoms with Crippen molar-refractivity contribution in [2.75, 3.05) is 4.90 Å². The highest BCUT2D eigenvalue weighted by Gasteiger charge is 2.58. The molecule has 1 aliphatic heterocycles. The number of rotatable bonds is 6. The van der Waals surface area contributed by atoms with Crippen molar-refractivity contribution >= 4 is 28.9 Å². The summed E-state index contributed by atoms with van der Waals surface area (Å²) in [5.74, 6) is -0.259. The molecule has 0 spiro atoms. The fourth-order valence-electron chi connectivity index (χ4n) is 5.66. The summed E-state index contributed by atoms with van der Waals surface area (Å²) in [6.45, 7) is 0. The maximum atomic E-state index is 13.5. The summed E-state index contributed by atoms with van der Waals surface area (Å²) < 4.78 is 15.2. The highest BCUT2D eigenvalue weighted by atomic mass is 19.1. The van der Waals surface area contributed by atoms with Crippen LogP contribution in [0.5, 0.6) is 0 Å². The van der Waals surface area contributed by atoms with E-state index < -0.39 is 0 Å². The van der Waals surface area contributed by atoms with Gasteiger partial charge in [-0.1, -0.05) is 30.3 Å². The van der Waals surface area contributed by atoms with Crippen LogP contribution in [0.2, 0.25) is 0 Å². The molecule has 2 heterocycles. The van der Waals surface area contributed by atoms with Gasteiger partial charge in [-0.15, -0.1) is 0 Å². The van der Waals surface area contributed by atoms with Crippen LogP contribution in [0.1, 0.15) is 30.9 Å². The smallest absolute Gasteiger partial charge is 0.228 e. The Morgan fingerprint density at radius 2 is 1.80 bits per heavy atom. The number of hydrogen-bond acceptors (Lipinski definition) is 3. The topological polar surface area (TPSA) is 67.2 Å². The Balaban J connectivity index is 1.45. The molecular formula is C28H25FN4O2. The largest absolute Gasteiger partial charge is 0.353 e. The lowest BCUT2D eigenvalue weighted by Crippen LogP contribution is -2.41. The molecule has 1 saturated heterocycles. The fourth-order valence-corrected chi connectivity index (χ4v) is 5.66. The molecule has 35 heavy (non-hydrogen) atoms. The first kappa shape index (κ1) is 21.5. The quantitative estimate of drug-likeness (QED) is 0.415. The number of fused-ring (bicyclic) bond motifs is 1. The van der Waals surface area contributed by atoms with Crippen molar-refractivity contribution in [2.24, 2.45) is 13.0 Å². The lowest BCUT2D eigenvalue weighted by Gasteiger charge is -2.33. The number of anilines is 1. The molecule has 0 bridgehead atoms. The summed E-state index contributed by atoms with van der Waals surface area (Å²) in [6.07, 6.45) is 2.90. The third-order valence-electron chi connectivity index (χ3n) is 7.54. The van der Waals surface area contributed by atoms with Crippen molar-refractivity contribution in [3.05, 3.63) is 84.2 Å². The number of aromatic nitrogens is 2. The predicted molar refractivity (Wildman–Crippen MR) is 132 cm³/mol. The lowest BCUT2D eigenvalue weighted by molar-refractivity contribution is -0.118. The van der Waals surface area contributed by atoms with Crippen molar-refractivity contribution in [1.29, 1.82) is 0 Å². The van der Waals surface area contributed by atoms with Crippen molar-refractivity contribution in [1.82, 2.24) is 15.1 Å². The first-order valence-electron chi connectivity index (χ1n) is 11.8. The van der Waals surface area contributed by atoms with Crippen LogP contribution in [0, 0.1) is 11.7 Å². The lowest BCUT2D eigenvalue weighted by atomic mass is 9.85. The maximum absolute atomic E-state index is 13.5. The Morgan fingerprint density at radius 1 is 1.06 bits per heavy atom. The highest BCUT2D eigenvalue weighted by molar-refractivity contribution is 6.01. The maximum Gasteiger partial charge on any atom is 0.228 e. The highest BCUT2D eigenvalue weighted by Crippen LogP contribution is 2.54. The number of hydrogen-bond donors (Lipinski definition) is 1. The molecule has 4 aromatic rings. The Morgan fingerprint density at radius 3 is 2.49 bits per heavy atom. The van der Waals surface area contributed by atoms with Crippen molar-refractivity contribution in [3.63, 3.8) is 0 Å². The van der Waals surface area contributed by atoms with E-state index >= 15 is 0 Å². The second kappa shape index (κ2) is 8.05. The predicted octanol–water partition coefficient (Wildman–Crippen LogP) is 4.75. The summed E-state index contributed by atoms with van der Waals surface area (Å²) >= 11 is 0. The normalized spacial score (nSPS) is 20.9. The number of amides is 2. The van der Waals surface area contributed by atoms with Crippen LogP contribution < -0.4 is 10.2 Å². The van der Waals surface area contributed by atoms with E-state index in [1.807, 2.05) is 48.3 Å². The van der Waals surface area contributed by atoms with Gasteiger partial charge in [0.2, 0.25) is 12.3 Å². The Labute approximate surface area is 202 Å². The number of nitrogens with zero attached hydrogens (tertiary/aromatic N) is 3. The molecule has 2 atom stereocenters. The van der Waals surface area contributed by atoms with Gasteiger partial charge < -0.3 is 10.2 Å². The summed E-state index contributed by atoms with van der Waals surface area (Å²) in [7, 11) is 1.87. The molecule has 6 rings (SSSR count). The number of nitrogens with one attached hydrogen (secondary N) is 1. The average Bonchev–Trinajstić information content (AvgIpc) is 3.46. The zero-order valence-corrected chi connectivity index (χ0v) is 19.3. The molecule has 2 amide bonds. The minimum absolute atomic E-state index is 0.0142. The second-order valence-corrected chi connectivity index (χ2v) is 9.53. The second-order valence-electron chi connectivity index (χ2n) is 9.53. The van der Waals surface area contributed by atoms with E-state index in [1.54, 1.807) is 16.8 Å². The monoisotopic (exact) mass is 468 g/mol. The summed E-state index contributed by atoms with van der Waals surface area (Å²) in [5.41, 5.74) is 4.01. The van der Waals surface area contributed by atoms with Crippen molar-refractivity contribution in [3.8, 4) is 11.3 Å². The van der Waals surface area contributed by atoms with Gasteiger partial charge in [0.25, 0.3) is 0 Å². The zero-order valence-electron chi connectivity index (χ0n) is 19.3. The van der Waals surface area contributed by atoms with Gasteiger partial charge in [-0.3, -0.25) is 14.3 Å². The van der Waals surface area contributed by atoms with Crippen molar-refractivity contribution in [2.45, 2.75) is 30.8 Å². The van der Waals surface area contributed by atoms with Gasteiger partial charge in [0.1, 0.15) is 11.5 Å². The first-order valence-corrected chi connectivity index (χ1v) is 11.8. The first-order chi connectivity index (χ1) is 17.0. The molecule has 1 saturated carbocycles. The molecule has 6 nitrogen and oxygen atoms in total. The fraction of sp³-hybridized carbons (Fsp3) is 0.250. The van der Waals surface area contributed by atoms with Crippen LogP contribution in [0.4, 0.5) is 10.1 Å². The molecule has 0 radical (unpaired) electrons. The van der Waals surface area contributed by atoms with Gasteiger partial charge in [0.05, 0.1) is 11.6 Å². The molecule has 2 fully saturated rings. The summed E-state index contributed by atoms with van der Waals surface area (Å²) in [6, 6.07) is 22.1. The Kier molecular flexibility index (Phi) is 4.95. The minimum atomic E-state index is -0.334. The average molecular weight is 469 g/mol. The standard InChI is InChI=1S/C28H25FN4O2/c1-32-24-15-21(11-12-22(24)26(31-32)18-7-9-20(29)10-8-18)33-25(35)16-23(28(13-14-28)30-17-34)27(33)19-5-3-2-4-6-19/h2-12,15,17,23,27H,13-14,16H2,1H3,(H,30,34)/t23-,27-/m0/s1. The third kappa shape index (κ3) is 3.50. The van der Waals surface area contributed by atoms with E-state index in [-0.39, 0.29) is 29.2 Å². The SMILES string of the molecule is Cn1nc(-c2ccc(F)cc2)c2ccc(N3C(=O)C[C@H](C4(NC=O)CC4)[C@@H]3c3ccccc3)cc21. The van der Waals surface area contributed by atoms with E-state index in [9.17, 15) is 14.0 Å². The molecule has 7 heteroatoms. The van der Waals surface area contributed by atoms with E-state index in [0.29, 0.717) is 6.42 Å². The molecule has 1 aromatic heterocycles. The molecule has 1 aliphatic carbocycles. The number of carbonyl (C=O) groups is 2. The number of aryl methyl sites for hydroxylation is 1. The van der Waals surface area contributed by atoms with Crippen LogP contribution in [0.3, 0.4) is 0 Å². The molecule has 1 N–H and O–H groups in total. The van der Waals surface area contributed by atoms with E-state index in [4.69, 9.17) is 0 Å². The van der Waals surface area contributed by atoms with Gasteiger partial charge in [-0.05, 0) is 60.9 Å². The number of benzene rings is 3. The van der Waals surface area contributed by atoms with Crippen molar-refractivity contribution < 1.29 is 14.0 Å². The number of carbonyl (C=O) groups excluding carboxylic acids is 2. The van der Waals surface area contributed by atoms with Gasteiger partial charge in [-0.2, -0.15) is 5.10 Å². The third-order valence-corrected chi connectivity index (χ3v) is 7.54. The minimum Gasteiger partial charge on any atom is -0.353 e.